The average molecular weight is 438 g/mol. The van der Waals surface area contributed by atoms with E-state index >= 15 is 0 Å². The second kappa shape index (κ2) is 8.26. The van der Waals surface area contributed by atoms with Crippen molar-refractivity contribution in [2.24, 2.45) is 0 Å². The minimum Gasteiger partial charge on any atom is -0.353 e. The maximum absolute atomic E-state index is 13.0. The van der Waals surface area contributed by atoms with Gasteiger partial charge in [0.1, 0.15) is 0 Å². The third-order valence-corrected chi connectivity index (χ3v) is 5.32. The van der Waals surface area contributed by atoms with Gasteiger partial charge in [0, 0.05) is 36.7 Å². The largest absolute Gasteiger partial charge is 0.353 e. The molecule has 0 bridgehead atoms. The summed E-state index contributed by atoms with van der Waals surface area (Å²) in [4.78, 5) is 45.8. The Labute approximate surface area is 165 Å². The van der Waals surface area contributed by atoms with Gasteiger partial charge in [-0.2, -0.15) is 0 Å². The minimum atomic E-state index is -0.339. The maximum atomic E-state index is 13.0. The highest BCUT2D eigenvalue weighted by Gasteiger charge is 2.25. The van der Waals surface area contributed by atoms with Gasteiger partial charge in [-0.25, -0.2) is 4.79 Å². The summed E-state index contributed by atoms with van der Waals surface area (Å²) >= 11 is 3.39. The van der Waals surface area contributed by atoms with E-state index in [4.69, 9.17) is 0 Å². The van der Waals surface area contributed by atoms with E-state index in [2.05, 4.69) is 36.1 Å². The summed E-state index contributed by atoms with van der Waals surface area (Å²) in [5.41, 5.74) is 1.23. The molecule has 27 heavy (non-hydrogen) atoms. The molecule has 146 valence electrons. The first-order valence-electron chi connectivity index (χ1n) is 9.10. The van der Waals surface area contributed by atoms with Crippen LogP contribution in [0, 0.1) is 0 Å². The number of carbonyl (C=O) groups excluding carboxylic acids is 2. The highest BCUT2D eigenvalue weighted by molar-refractivity contribution is 9.10. The molecule has 0 spiro atoms. The molecule has 3 N–H and O–H groups in total. The molecule has 2 aromatic rings. The zero-order valence-corrected chi connectivity index (χ0v) is 17.1. The molecule has 1 aliphatic rings. The lowest BCUT2D eigenvalue weighted by molar-refractivity contribution is -0.123. The number of nitrogens with one attached hydrogen (secondary N) is 3. The number of fused-ring (bicyclic) bond motifs is 1. The van der Waals surface area contributed by atoms with Gasteiger partial charge in [-0.1, -0.05) is 22.9 Å². The van der Waals surface area contributed by atoms with Gasteiger partial charge in [0.2, 0.25) is 5.91 Å². The summed E-state index contributed by atoms with van der Waals surface area (Å²) in [6.07, 6.45) is 0.899. The lowest BCUT2D eigenvalue weighted by Gasteiger charge is -2.34. The number of hydrogen-bond acceptors (Lipinski definition) is 4. The molecule has 1 aromatic carbocycles. The Hall–Kier alpha value is -2.13. The Morgan fingerprint density at radius 2 is 1.93 bits per heavy atom. The topological polar surface area (TPSA) is 101 Å². The van der Waals surface area contributed by atoms with Crippen molar-refractivity contribution in [2.75, 3.05) is 32.7 Å². The highest BCUT2D eigenvalue weighted by Crippen LogP contribution is 2.22. The summed E-state index contributed by atoms with van der Waals surface area (Å²) in [6, 6.07) is 3.65. The van der Waals surface area contributed by atoms with Crippen molar-refractivity contribution in [1.82, 2.24) is 25.1 Å². The van der Waals surface area contributed by atoms with Gasteiger partial charge in [-0.15, -0.1) is 0 Å². The van der Waals surface area contributed by atoms with Crippen molar-refractivity contribution < 1.29 is 9.59 Å². The van der Waals surface area contributed by atoms with Crippen LogP contribution in [0.25, 0.3) is 11.0 Å². The van der Waals surface area contributed by atoms with Crippen molar-refractivity contribution in [1.29, 1.82) is 0 Å². The second-order valence-corrected chi connectivity index (χ2v) is 7.82. The Morgan fingerprint density at radius 1 is 1.22 bits per heavy atom. The number of halogens is 1. The summed E-state index contributed by atoms with van der Waals surface area (Å²) < 4.78 is 0.731. The fourth-order valence-electron chi connectivity index (χ4n) is 3.18. The van der Waals surface area contributed by atoms with E-state index < -0.39 is 0 Å². The molecule has 0 aliphatic carbocycles. The van der Waals surface area contributed by atoms with Crippen LogP contribution in [0.2, 0.25) is 0 Å². The molecule has 9 heteroatoms. The number of rotatable bonds is 5. The number of nitrogens with zero attached hydrogens (tertiary/aromatic N) is 2. The quantitative estimate of drug-likeness (QED) is 0.655. The maximum Gasteiger partial charge on any atom is 0.323 e. The first-order chi connectivity index (χ1) is 12.9. The number of aromatic nitrogens is 2. The molecule has 2 heterocycles. The molecular weight excluding hydrogens is 414 g/mol. The fraction of sp³-hybridized carbons (Fsp3) is 0.500. The molecule has 1 atom stereocenters. The van der Waals surface area contributed by atoms with E-state index in [1.54, 1.807) is 17.0 Å². The molecule has 0 saturated carbocycles. The van der Waals surface area contributed by atoms with Crippen LogP contribution in [0.3, 0.4) is 0 Å². The van der Waals surface area contributed by atoms with Crippen molar-refractivity contribution >= 4 is 38.8 Å². The van der Waals surface area contributed by atoms with E-state index in [1.807, 2.05) is 13.8 Å². The molecule has 0 radical (unpaired) electrons. The van der Waals surface area contributed by atoms with Crippen LogP contribution in [0.4, 0.5) is 0 Å². The Morgan fingerprint density at radius 3 is 2.59 bits per heavy atom. The van der Waals surface area contributed by atoms with Gasteiger partial charge >= 0.3 is 5.69 Å². The van der Waals surface area contributed by atoms with E-state index in [1.165, 1.54) is 0 Å². The zero-order chi connectivity index (χ0) is 19.6. The molecule has 1 fully saturated rings. The summed E-state index contributed by atoms with van der Waals surface area (Å²) in [6.45, 7) is 6.72. The second-order valence-electron chi connectivity index (χ2n) is 6.90. The fourth-order valence-corrected chi connectivity index (χ4v) is 3.64. The van der Waals surface area contributed by atoms with Gasteiger partial charge in [-0.05, 0) is 25.5 Å². The normalized spacial score (nSPS) is 16.5. The van der Waals surface area contributed by atoms with E-state index in [-0.39, 0.29) is 23.5 Å². The molecular formula is C18H24BrN5O3. The van der Waals surface area contributed by atoms with Crippen LogP contribution in [-0.2, 0) is 4.79 Å². The number of piperazine rings is 1. The molecule has 1 unspecified atom stereocenters. The van der Waals surface area contributed by atoms with Crippen LogP contribution in [-0.4, -0.2) is 70.3 Å². The monoisotopic (exact) mass is 437 g/mol. The first kappa shape index (κ1) is 19.6. The Kier molecular flexibility index (Phi) is 6.01. The number of carbonyl (C=O) groups is 2. The summed E-state index contributed by atoms with van der Waals surface area (Å²) in [5.74, 6) is -0.108. The van der Waals surface area contributed by atoms with E-state index in [0.717, 1.165) is 10.9 Å². The van der Waals surface area contributed by atoms with Gasteiger partial charge in [0.15, 0.2) is 0 Å². The smallest absolute Gasteiger partial charge is 0.323 e. The predicted octanol–water partition coefficient (Wildman–Crippen LogP) is 1.29. The van der Waals surface area contributed by atoms with Crippen LogP contribution in [0.1, 0.15) is 30.6 Å². The van der Waals surface area contributed by atoms with Crippen LogP contribution >= 0.6 is 15.9 Å². The Balaban J connectivity index is 1.64. The summed E-state index contributed by atoms with van der Waals surface area (Å²) in [5, 5.41) is 2.96. The SMILES string of the molecule is CCC(C)NC(=O)CN1CCN(C(=O)c2cc(Br)cc3[nH]c(=O)[nH]c23)CC1. The number of H-pyrrole nitrogens is 2. The average Bonchev–Trinajstić information content (AvgIpc) is 3.00. The van der Waals surface area contributed by atoms with Crippen molar-refractivity contribution in [3.05, 3.63) is 32.7 Å². The molecule has 3 rings (SSSR count). The zero-order valence-electron chi connectivity index (χ0n) is 15.5. The summed E-state index contributed by atoms with van der Waals surface area (Å²) in [7, 11) is 0. The van der Waals surface area contributed by atoms with Crippen molar-refractivity contribution in [3.63, 3.8) is 0 Å². The van der Waals surface area contributed by atoms with Gasteiger partial charge in [-0.3, -0.25) is 14.5 Å². The lowest BCUT2D eigenvalue weighted by Crippen LogP contribution is -2.51. The molecule has 1 saturated heterocycles. The number of amides is 2. The van der Waals surface area contributed by atoms with Crippen LogP contribution in [0.15, 0.2) is 21.4 Å². The van der Waals surface area contributed by atoms with Crippen molar-refractivity contribution in [2.45, 2.75) is 26.3 Å². The van der Waals surface area contributed by atoms with Gasteiger partial charge in [0.05, 0.1) is 23.1 Å². The number of aromatic amines is 2. The highest BCUT2D eigenvalue weighted by atomic mass is 79.9. The minimum absolute atomic E-state index is 0.0164. The number of hydrogen-bond donors (Lipinski definition) is 3. The lowest BCUT2D eigenvalue weighted by atomic mass is 10.1. The van der Waals surface area contributed by atoms with E-state index in [0.29, 0.717) is 49.3 Å². The standard InChI is InChI=1S/C18H24BrN5O3/c1-3-11(2)20-15(25)10-23-4-6-24(7-5-23)17(26)13-8-12(19)9-14-16(13)22-18(27)21-14/h8-9,11H,3-7,10H2,1-2H3,(H,20,25)(H2,21,22,27). The molecule has 8 nitrogen and oxygen atoms in total. The van der Waals surface area contributed by atoms with E-state index in [9.17, 15) is 14.4 Å². The number of imidazole rings is 1. The molecule has 1 aliphatic heterocycles. The molecule has 2 amide bonds. The third kappa shape index (κ3) is 4.59. The number of benzene rings is 1. The van der Waals surface area contributed by atoms with Crippen LogP contribution in [0.5, 0.6) is 0 Å². The van der Waals surface area contributed by atoms with Crippen molar-refractivity contribution in [3.8, 4) is 0 Å². The first-order valence-corrected chi connectivity index (χ1v) is 9.89. The predicted molar refractivity (Wildman–Crippen MR) is 107 cm³/mol. The van der Waals surface area contributed by atoms with Gasteiger partial charge < -0.3 is 20.2 Å². The molecule has 1 aromatic heterocycles. The Bertz CT molecular complexity index is 898. The third-order valence-electron chi connectivity index (χ3n) is 4.87. The van der Waals surface area contributed by atoms with Crippen LogP contribution < -0.4 is 11.0 Å². The van der Waals surface area contributed by atoms with Gasteiger partial charge in [0.25, 0.3) is 5.91 Å².